The average Bonchev–Trinajstić information content (AvgIpc) is 3.58. The van der Waals surface area contributed by atoms with Gasteiger partial charge in [-0.05, 0) is 45.5 Å². The number of fused-ring (bicyclic) bond motifs is 10. The Labute approximate surface area is 251 Å². The third-order valence-corrected chi connectivity index (χ3v) is 9.98. The molecule has 0 bridgehead atoms. The summed E-state index contributed by atoms with van der Waals surface area (Å²) in [4.78, 5) is 10.7. The van der Waals surface area contributed by atoms with Crippen LogP contribution in [0.1, 0.15) is 50.1 Å². The Balaban J connectivity index is 1.47. The largest absolute Gasteiger partial charge is 0.293 e. The van der Waals surface area contributed by atoms with Gasteiger partial charge in [-0.25, -0.2) is 9.97 Å². The summed E-state index contributed by atoms with van der Waals surface area (Å²) in [5.41, 5.74) is 13.2. The van der Waals surface area contributed by atoms with Gasteiger partial charge in [-0.2, -0.15) is 0 Å². The summed E-state index contributed by atoms with van der Waals surface area (Å²) in [6.07, 6.45) is 0. The van der Waals surface area contributed by atoms with Gasteiger partial charge in [-0.3, -0.25) is 4.57 Å². The highest BCUT2D eigenvalue weighted by Crippen LogP contribution is 2.55. The van der Waals surface area contributed by atoms with Crippen LogP contribution in [-0.4, -0.2) is 14.5 Å². The molecule has 3 nitrogen and oxygen atoms in total. The Morgan fingerprint density at radius 1 is 0.512 bits per heavy atom. The lowest BCUT2D eigenvalue weighted by atomic mass is 9.82. The molecule has 9 rings (SSSR count). The van der Waals surface area contributed by atoms with Gasteiger partial charge in [0.25, 0.3) is 0 Å². The fourth-order valence-electron chi connectivity index (χ4n) is 7.88. The quantitative estimate of drug-likeness (QED) is 0.213. The van der Waals surface area contributed by atoms with Crippen molar-refractivity contribution in [3.63, 3.8) is 0 Å². The maximum atomic E-state index is 5.44. The smallest absolute Gasteiger partial charge is 0.161 e. The van der Waals surface area contributed by atoms with Gasteiger partial charge in [0.2, 0.25) is 0 Å². The van der Waals surface area contributed by atoms with E-state index in [0.29, 0.717) is 0 Å². The number of para-hydroxylation sites is 1. The number of aromatic nitrogens is 3. The molecule has 7 aromatic rings. The molecule has 0 radical (unpaired) electrons. The molecule has 3 heteroatoms. The predicted octanol–water partition coefficient (Wildman–Crippen LogP) is 9.85. The van der Waals surface area contributed by atoms with E-state index in [0.717, 1.165) is 34.0 Å². The van der Waals surface area contributed by atoms with Crippen molar-refractivity contribution in [1.29, 1.82) is 0 Å². The van der Waals surface area contributed by atoms with Crippen LogP contribution >= 0.6 is 0 Å². The van der Waals surface area contributed by atoms with Gasteiger partial charge in [-0.15, -0.1) is 0 Å². The third kappa shape index (κ3) is 3.09. The molecule has 0 atom stereocenters. The summed E-state index contributed by atoms with van der Waals surface area (Å²) in [5, 5.41) is 2.55. The lowest BCUT2D eigenvalue weighted by Gasteiger charge is -2.22. The second kappa shape index (κ2) is 8.29. The maximum Gasteiger partial charge on any atom is 0.161 e. The van der Waals surface area contributed by atoms with Crippen LogP contribution in [-0.2, 0) is 10.8 Å². The van der Waals surface area contributed by atoms with Gasteiger partial charge >= 0.3 is 0 Å². The van der Waals surface area contributed by atoms with Crippen molar-refractivity contribution in [2.45, 2.75) is 38.5 Å². The van der Waals surface area contributed by atoms with E-state index < -0.39 is 0 Å². The molecule has 0 amide bonds. The van der Waals surface area contributed by atoms with Gasteiger partial charge in [0.05, 0.1) is 16.7 Å². The molecule has 0 aliphatic heterocycles. The highest BCUT2D eigenvalue weighted by atomic mass is 15.1. The fourth-order valence-corrected chi connectivity index (χ4v) is 7.88. The van der Waals surface area contributed by atoms with Gasteiger partial charge in [0, 0.05) is 32.7 Å². The monoisotopic (exact) mass is 553 g/mol. The standard InChI is InChI=1S/C40H31N3/c1-39(2)28-19-11-8-16-25(28)33-30(39)22-23-32-34(33)27-18-10-13-21-31(27)43(32)38-35-26-17-9-12-20-29(26)40(3,4)36(35)41-37(42-38)24-14-6-5-7-15-24/h5-23H,1-4H3. The highest BCUT2D eigenvalue weighted by molar-refractivity contribution is 6.18. The van der Waals surface area contributed by atoms with Gasteiger partial charge in [-0.1, -0.05) is 131 Å². The van der Waals surface area contributed by atoms with Crippen molar-refractivity contribution < 1.29 is 0 Å². The summed E-state index contributed by atoms with van der Waals surface area (Å²) in [6, 6.07) is 41.6. The van der Waals surface area contributed by atoms with Crippen molar-refractivity contribution in [3.8, 4) is 39.5 Å². The van der Waals surface area contributed by atoms with Gasteiger partial charge in [0.15, 0.2) is 5.82 Å². The molecule has 0 fully saturated rings. The van der Waals surface area contributed by atoms with Crippen LogP contribution in [0.5, 0.6) is 0 Å². The van der Waals surface area contributed by atoms with Crippen LogP contribution < -0.4 is 0 Å². The van der Waals surface area contributed by atoms with Crippen LogP contribution in [0.2, 0.25) is 0 Å². The minimum atomic E-state index is -0.254. The first-order chi connectivity index (χ1) is 20.9. The predicted molar refractivity (Wildman–Crippen MR) is 177 cm³/mol. The Kier molecular flexibility index (Phi) is 4.74. The van der Waals surface area contributed by atoms with Gasteiger partial charge in [0.1, 0.15) is 5.82 Å². The molecule has 0 N–H and O–H groups in total. The van der Waals surface area contributed by atoms with E-state index in [-0.39, 0.29) is 10.8 Å². The summed E-state index contributed by atoms with van der Waals surface area (Å²) in [5.74, 6) is 1.70. The summed E-state index contributed by atoms with van der Waals surface area (Å²) in [7, 11) is 0. The zero-order valence-electron chi connectivity index (χ0n) is 24.8. The average molecular weight is 554 g/mol. The minimum absolute atomic E-state index is 0.0665. The van der Waals surface area contributed by atoms with Crippen molar-refractivity contribution in [2.24, 2.45) is 0 Å². The lowest BCUT2D eigenvalue weighted by Crippen LogP contribution is -2.18. The van der Waals surface area contributed by atoms with E-state index in [4.69, 9.17) is 9.97 Å². The van der Waals surface area contributed by atoms with Crippen LogP contribution in [0.25, 0.3) is 61.3 Å². The van der Waals surface area contributed by atoms with E-state index in [1.54, 1.807) is 0 Å². The molecule has 2 aliphatic rings. The molecule has 206 valence electrons. The number of hydrogen-bond donors (Lipinski definition) is 0. The van der Waals surface area contributed by atoms with Crippen LogP contribution in [0, 0.1) is 0 Å². The molecule has 0 saturated carbocycles. The number of rotatable bonds is 2. The SMILES string of the molecule is CC1(C)c2ccccc2-c2c1ccc1c2c2ccccc2n1-c1nc(-c2ccccc2)nc2c1-c1ccccc1C2(C)C. The van der Waals surface area contributed by atoms with E-state index >= 15 is 0 Å². The highest BCUT2D eigenvalue weighted by Gasteiger charge is 2.41. The van der Waals surface area contributed by atoms with Crippen molar-refractivity contribution in [1.82, 2.24) is 14.5 Å². The number of benzene rings is 5. The molecule has 2 heterocycles. The third-order valence-electron chi connectivity index (χ3n) is 9.98. The van der Waals surface area contributed by atoms with E-state index in [1.165, 1.54) is 49.7 Å². The Morgan fingerprint density at radius 2 is 1.14 bits per heavy atom. The first kappa shape index (κ1) is 24.6. The topological polar surface area (TPSA) is 30.7 Å². The van der Waals surface area contributed by atoms with Crippen LogP contribution in [0.4, 0.5) is 0 Å². The maximum absolute atomic E-state index is 5.44. The van der Waals surface area contributed by atoms with Crippen molar-refractivity contribution in [3.05, 3.63) is 138 Å². The number of hydrogen-bond acceptors (Lipinski definition) is 2. The molecular weight excluding hydrogens is 522 g/mol. The van der Waals surface area contributed by atoms with Crippen molar-refractivity contribution in [2.75, 3.05) is 0 Å². The molecular formula is C40H31N3. The molecule has 0 saturated heterocycles. The van der Waals surface area contributed by atoms with Crippen LogP contribution in [0.3, 0.4) is 0 Å². The fraction of sp³-hybridized carbons (Fsp3) is 0.150. The lowest BCUT2D eigenvalue weighted by molar-refractivity contribution is 0.635. The Bertz CT molecular complexity index is 2290. The molecule has 2 aromatic heterocycles. The zero-order chi connectivity index (χ0) is 29.1. The zero-order valence-corrected chi connectivity index (χ0v) is 24.8. The molecule has 5 aromatic carbocycles. The van der Waals surface area contributed by atoms with Crippen LogP contribution in [0.15, 0.2) is 115 Å². The Hall–Kier alpha value is -5.02. The van der Waals surface area contributed by atoms with E-state index in [9.17, 15) is 0 Å². The first-order valence-corrected chi connectivity index (χ1v) is 15.1. The molecule has 2 aliphatic carbocycles. The van der Waals surface area contributed by atoms with E-state index in [2.05, 4.69) is 141 Å². The Morgan fingerprint density at radius 3 is 1.91 bits per heavy atom. The van der Waals surface area contributed by atoms with Gasteiger partial charge < -0.3 is 0 Å². The minimum Gasteiger partial charge on any atom is -0.293 e. The summed E-state index contributed by atoms with van der Waals surface area (Å²) >= 11 is 0. The molecule has 0 unspecified atom stereocenters. The molecule has 43 heavy (non-hydrogen) atoms. The number of nitrogens with zero attached hydrogens (tertiary/aromatic N) is 3. The summed E-state index contributed by atoms with van der Waals surface area (Å²) < 4.78 is 2.41. The second-order valence-corrected chi connectivity index (χ2v) is 13.0. The second-order valence-electron chi connectivity index (χ2n) is 13.0. The van der Waals surface area contributed by atoms with E-state index in [1.807, 2.05) is 6.07 Å². The summed E-state index contributed by atoms with van der Waals surface area (Å²) in [6.45, 7) is 9.29. The molecule has 0 spiro atoms. The first-order valence-electron chi connectivity index (χ1n) is 15.1. The normalized spacial score (nSPS) is 15.3. The van der Waals surface area contributed by atoms with Crippen molar-refractivity contribution >= 4 is 21.8 Å².